The van der Waals surface area contributed by atoms with Crippen LogP contribution in [0.1, 0.15) is 58.8 Å². The Labute approximate surface area is 125 Å². The van der Waals surface area contributed by atoms with Crippen LogP contribution in [0.4, 0.5) is 0 Å². The van der Waals surface area contributed by atoms with Crippen molar-refractivity contribution in [1.29, 1.82) is 0 Å². The molecule has 1 aliphatic heterocycles. The molecule has 1 N–H and O–H groups in total. The molecule has 4 atom stereocenters. The van der Waals surface area contributed by atoms with E-state index in [4.69, 9.17) is 4.74 Å². The summed E-state index contributed by atoms with van der Waals surface area (Å²) < 4.78 is 5.80. The Bertz CT molecular complexity index is 294. The molecule has 4 unspecified atom stereocenters. The van der Waals surface area contributed by atoms with Gasteiger partial charge in [0.15, 0.2) is 0 Å². The average molecular weight is 279 g/mol. The van der Waals surface area contributed by atoms with Crippen molar-refractivity contribution in [3.8, 4) is 0 Å². The van der Waals surface area contributed by atoms with Crippen LogP contribution in [0, 0.1) is 29.6 Å². The highest BCUT2D eigenvalue weighted by Gasteiger charge is 2.37. The molecule has 2 aliphatic carbocycles. The summed E-state index contributed by atoms with van der Waals surface area (Å²) in [6.45, 7) is 8.15. The van der Waals surface area contributed by atoms with Crippen molar-refractivity contribution in [3.05, 3.63) is 0 Å². The number of rotatable bonds is 5. The van der Waals surface area contributed by atoms with Crippen molar-refractivity contribution in [2.45, 2.75) is 64.8 Å². The van der Waals surface area contributed by atoms with E-state index in [2.05, 4.69) is 19.2 Å². The maximum atomic E-state index is 5.80. The molecule has 1 saturated heterocycles. The van der Waals surface area contributed by atoms with Gasteiger partial charge in [-0.25, -0.2) is 0 Å². The van der Waals surface area contributed by atoms with E-state index in [9.17, 15) is 0 Å². The predicted octanol–water partition coefficient (Wildman–Crippen LogP) is 3.85. The molecule has 0 aromatic rings. The molecular weight excluding hydrogens is 246 g/mol. The summed E-state index contributed by atoms with van der Waals surface area (Å²) in [4.78, 5) is 0. The molecular formula is C18H33NO. The monoisotopic (exact) mass is 279 g/mol. The molecule has 0 amide bonds. The lowest BCUT2D eigenvalue weighted by Gasteiger charge is -2.43. The molecule has 3 rings (SSSR count). The molecule has 0 aromatic heterocycles. The smallest absolute Gasteiger partial charge is 0.0497 e. The first-order chi connectivity index (χ1) is 9.74. The van der Waals surface area contributed by atoms with Gasteiger partial charge in [-0.3, -0.25) is 0 Å². The minimum absolute atomic E-state index is 0.844. The van der Waals surface area contributed by atoms with Crippen LogP contribution in [0.2, 0.25) is 0 Å². The minimum atomic E-state index is 0.844. The molecule has 2 saturated carbocycles. The van der Waals surface area contributed by atoms with Gasteiger partial charge < -0.3 is 10.1 Å². The van der Waals surface area contributed by atoms with Gasteiger partial charge in [0.25, 0.3) is 0 Å². The van der Waals surface area contributed by atoms with Crippen LogP contribution in [0.5, 0.6) is 0 Å². The van der Waals surface area contributed by atoms with Crippen molar-refractivity contribution in [2.75, 3.05) is 19.8 Å². The molecule has 20 heavy (non-hydrogen) atoms. The first kappa shape index (κ1) is 14.8. The van der Waals surface area contributed by atoms with Crippen LogP contribution < -0.4 is 5.32 Å². The number of hydrogen-bond donors (Lipinski definition) is 1. The fourth-order valence-electron chi connectivity index (χ4n) is 4.45. The zero-order valence-electron chi connectivity index (χ0n) is 13.4. The van der Waals surface area contributed by atoms with Crippen LogP contribution in [-0.4, -0.2) is 25.8 Å². The number of hydrogen-bond acceptors (Lipinski definition) is 2. The summed E-state index contributed by atoms with van der Waals surface area (Å²) in [5.74, 6) is 4.50. The van der Waals surface area contributed by atoms with Gasteiger partial charge in [0, 0.05) is 19.3 Å². The van der Waals surface area contributed by atoms with E-state index in [0.717, 1.165) is 48.8 Å². The summed E-state index contributed by atoms with van der Waals surface area (Å²) >= 11 is 0. The third-order valence-corrected chi connectivity index (χ3v) is 6.08. The topological polar surface area (TPSA) is 21.3 Å². The third kappa shape index (κ3) is 3.76. The largest absolute Gasteiger partial charge is 0.381 e. The van der Waals surface area contributed by atoms with Gasteiger partial charge in [0.05, 0.1) is 0 Å². The van der Waals surface area contributed by atoms with Gasteiger partial charge in [-0.2, -0.15) is 0 Å². The quantitative estimate of drug-likeness (QED) is 0.825. The zero-order chi connectivity index (χ0) is 13.9. The zero-order valence-corrected chi connectivity index (χ0v) is 13.4. The lowest BCUT2D eigenvalue weighted by molar-refractivity contribution is -0.00712. The highest BCUT2D eigenvalue weighted by atomic mass is 16.5. The number of ether oxygens (including phenoxy) is 1. The maximum Gasteiger partial charge on any atom is 0.0497 e. The normalized spacial score (nSPS) is 39.1. The minimum Gasteiger partial charge on any atom is -0.381 e. The van der Waals surface area contributed by atoms with Gasteiger partial charge in [-0.1, -0.05) is 13.8 Å². The highest BCUT2D eigenvalue weighted by molar-refractivity contribution is 4.89. The van der Waals surface area contributed by atoms with Gasteiger partial charge in [-0.05, 0) is 81.1 Å². The fraction of sp³-hybridized carbons (Fsp3) is 1.00. The Hall–Kier alpha value is -0.0800. The van der Waals surface area contributed by atoms with Crippen molar-refractivity contribution < 1.29 is 4.74 Å². The molecule has 0 radical (unpaired) electrons. The molecule has 0 aromatic carbocycles. The predicted molar refractivity (Wildman–Crippen MR) is 83.7 cm³/mol. The summed E-state index contributed by atoms with van der Waals surface area (Å²) in [6.07, 6.45) is 9.90. The first-order valence-corrected chi connectivity index (χ1v) is 9.05. The summed E-state index contributed by atoms with van der Waals surface area (Å²) in [6, 6.07) is 0.862. The molecule has 1 heterocycles. The second kappa shape index (κ2) is 6.79. The van der Waals surface area contributed by atoms with Crippen LogP contribution in [0.3, 0.4) is 0 Å². The SMILES string of the molecule is CC(C)C1CCC(CNC2CC2)C(C2CCCOC2)C1. The Morgan fingerprint density at radius 2 is 1.95 bits per heavy atom. The summed E-state index contributed by atoms with van der Waals surface area (Å²) in [7, 11) is 0. The average Bonchev–Trinajstić information content (AvgIpc) is 3.30. The van der Waals surface area contributed by atoms with E-state index >= 15 is 0 Å². The Balaban J connectivity index is 1.60. The van der Waals surface area contributed by atoms with E-state index in [-0.39, 0.29) is 0 Å². The summed E-state index contributed by atoms with van der Waals surface area (Å²) in [5, 5.41) is 3.80. The molecule has 2 nitrogen and oxygen atoms in total. The second-order valence-electron chi connectivity index (χ2n) is 7.90. The van der Waals surface area contributed by atoms with Crippen LogP contribution >= 0.6 is 0 Å². The van der Waals surface area contributed by atoms with Gasteiger partial charge in [0.2, 0.25) is 0 Å². The van der Waals surface area contributed by atoms with E-state index in [1.807, 2.05) is 0 Å². The second-order valence-corrected chi connectivity index (χ2v) is 7.90. The molecule has 3 aliphatic rings. The molecule has 3 fully saturated rings. The van der Waals surface area contributed by atoms with E-state index in [0.29, 0.717) is 0 Å². The number of nitrogens with one attached hydrogen (secondary N) is 1. The Kier molecular flexibility index (Phi) is 5.04. The van der Waals surface area contributed by atoms with Crippen molar-refractivity contribution in [2.24, 2.45) is 29.6 Å². The Morgan fingerprint density at radius 3 is 2.60 bits per heavy atom. The van der Waals surface area contributed by atoms with Gasteiger partial charge >= 0.3 is 0 Å². The van der Waals surface area contributed by atoms with E-state index < -0.39 is 0 Å². The van der Waals surface area contributed by atoms with Crippen molar-refractivity contribution in [1.82, 2.24) is 5.32 Å². The van der Waals surface area contributed by atoms with E-state index in [1.165, 1.54) is 51.5 Å². The van der Waals surface area contributed by atoms with Crippen molar-refractivity contribution in [3.63, 3.8) is 0 Å². The maximum absolute atomic E-state index is 5.80. The van der Waals surface area contributed by atoms with Crippen LogP contribution in [0.15, 0.2) is 0 Å². The van der Waals surface area contributed by atoms with Gasteiger partial charge in [0.1, 0.15) is 0 Å². The molecule has 0 spiro atoms. The molecule has 116 valence electrons. The summed E-state index contributed by atoms with van der Waals surface area (Å²) in [5.41, 5.74) is 0. The Morgan fingerprint density at radius 1 is 1.10 bits per heavy atom. The molecule has 2 heteroatoms. The standard InChI is InChI=1S/C18H33NO/c1-13(2)14-5-6-15(11-19-17-7-8-17)18(10-14)16-4-3-9-20-12-16/h13-19H,3-12H2,1-2H3. The van der Waals surface area contributed by atoms with Crippen molar-refractivity contribution >= 4 is 0 Å². The fourth-order valence-corrected chi connectivity index (χ4v) is 4.45. The molecule has 0 bridgehead atoms. The van der Waals surface area contributed by atoms with E-state index in [1.54, 1.807) is 0 Å². The third-order valence-electron chi connectivity index (χ3n) is 6.08. The highest BCUT2D eigenvalue weighted by Crippen LogP contribution is 2.43. The van der Waals surface area contributed by atoms with Gasteiger partial charge in [-0.15, -0.1) is 0 Å². The lowest BCUT2D eigenvalue weighted by Crippen LogP contribution is -2.40. The van der Waals surface area contributed by atoms with Crippen LogP contribution in [0.25, 0.3) is 0 Å². The van der Waals surface area contributed by atoms with Crippen LogP contribution in [-0.2, 0) is 4.74 Å². The first-order valence-electron chi connectivity index (χ1n) is 9.05. The lowest BCUT2D eigenvalue weighted by atomic mass is 9.65.